The Morgan fingerprint density at radius 3 is 1.97 bits per heavy atom. The molecule has 0 fully saturated rings. The molecule has 11 nitrogen and oxygen atoms in total. The van der Waals surface area contributed by atoms with E-state index in [0.717, 1.165) is 9.13 Å². The third-order valence-corrected chi connectivity index (χ3v) is 4.83. The lowest BCUT2D eigenvalue weighted by Gasteiger charge is -2.16. The van der Waals surface area contributed by atoms with Crippen LogP contribution in [-0.4, -0.2) is 27.0 Å². The Balaban J connectivity index is 2.12. The summed E-state index contributed by atoms with van der Waals surface area (Å²) in [6.07, 6.45) is 0. The molecule has 1 amide bonds. The van der Waals surface area contributed by atoms with Crippen LogP contribution in [0.5, 0.6) is 11.5 Å². The van der Waals surface area contributed by atoms with Crippen LogP contribution >= 0.6 is 0 Å². The number of anilines is 2. The van der Waals surface area contributed by atoms with Crippen molar-refractivity contribution in [2.75, 3.05) is 11.1 Å². The SMILES string of the molecule is CC(=O)Oc1cc(C(=O)Nc2c(N)n(-c3ccccc3)c(=O)n(C)c2=O)cc(OC(C)=O)c1C. The fraction of sp³-hybridized carbons (Fsp3) is 0.174. The number of carbonyl (C=O) groups excluding carboxylic acids is 3. The molecule has 11 heteroatoms. The molecule has 3 N–H and O–H groups in total. The summed E-state index contributed by atoms with van der Waals surface area (Å²) >= 11 is 0. The number of nitrogens with one attached hydrogen (secondary N) is 1. The van der Waals surface area contributed by atoms with Crippen molar-refractivity contribution >= 4 is 29.4 Å². The monoisotopic (exact) mass is 466 g/mol. The van der Waals surface area contributed by atoms with Crippen LogP contribution in [0.3, 0.4) is 0 Å². The van der Waals surface area contributed by atoms with Gasteiger partial charge in [0, 0.05) is 32.0 Å². The van der Waals surface area contributed by atoms with E-state index in [4.69, 9.17) is 15.2 Å². The molecule has 0 aliphatic heterocycles. The summed E-state index contributed by atoms with van der Waals surface area (Å²) in [6.45, 7) is 3.89. The number of nitrogens with zero attached hydrogens (tertiary/aromatic N) is 2. The molecule has 0 atom stereocenters. The highest BCUT2D eigenvalue weighted by molar-refractivity contribution is 6.06. The van der Waals surface area contributed by atoms with E-state index in [0.29, 0.717) is 11.3 Å². The number of carbonyl (C=O) groups is 3. The van der Waals surface area contributed by atoms with Crippen LogP contribution in [0.2, 0.25) is 0 Å². The van der Waals surface area contributed by atoms with Crippen LogP contribution in [0.25, 0.3) is 5.69 Å². The Labute approximate surface area is 193 Å². The number of rotatable bonds is 5. The van der Waals surface area contributed by atoms with Gasteiger partial charge in [-0.15, -0.1) is 0 Å². The lowest BCUT2D eigenvalue weighted by Crippen LogP contribution is -2.40. The largest absolute Gasteiger partial charge is 0.426 e. The first kappa shape index (κ1) is 24.0. The smallest absolute Gasteiger partial charge is 0.337 e. The van der Waals surface area contributed by atoms with E-state index in [-0.39, 0.29) is 28.6 Å². The third-order valence-electron chi connectivity index (χ3n) is 4.83. The molecule has 0 saturated heterocycles. The number of amides is 1. The van der Waals surface area contributed by atoms with Crippen LogP contribution < -0.4 is 31.8 Å². The summed E-state index contributed by atoms with van der Waals surface area (Å²) in [7, 11) is 1.25. The van der Waals surface area contributed by atoms with E-state index in [1.165, 1.54) is 33.0 Å². The van der Waals surface area contributed by atoms with Crippen molar-refractivity contribution in [3.8, 4) is 17.2 Å². The van der Waals surface area contributed by atoms with Gasteiger partial charge in [0.25, 0.3) is 11.5 Å². The van der Waals surface area contributed by atoms with Gasteiger partial charge in [0.2, 0.25) is 0 Å². The average Bonchev–Trinajstić information content (AvgIpc) is 2.78. The van der Waals surface area contributed by atoms with Gasteiger partial charge in [0.05, 0.1) is 5.69 Å². The standard InChI is InChI=1S/C23H22N4O7/c1-12-17(33-13(2)28)10-15(11-18(12)34-14(3)29)21(30)25-19-20(24)27(16-8-6-5-7-9-16)23(32)26(4)22(19)31/h5-11H,24H2,1-4H3,(H,25,30). The van der Waals surface area contributed by atoms with Crippen molar-refractivity contribution < 1.29 is 23.9 Å². The minimum atomic E-state index is -0.824. The molecule has 0 spiro atoms. The molecule has 3 aromatic rings. The minimum Gasteiger partial charge on any atom is -0.426 e. The summed E-state index contributed by atoms with van der Waals surface area (Å²) in [6, 6.07) is 10.9. The van der Waals surface area contributed by atoms with E-state index in [2.05, 4.69) is 5.32 Å². The van der Waals surface area contributed by atoms with Crippen LogP contribution in [0.4, 0.5) is 11.5 Å². The molecule has 0 aliphatic rings. The Hall–Kier alpha value is -4.67. The summed E-state index contributed by atoms with van der Waals surface area (Å²) in [5.74, 6) is -2.41. The third kappa shape index (κ3) is 4.72. The lowest BCUT2D eigenvalue weighted by atomic mass is 10.1. The second-order valence-electron chi connectivity index (χ2n) is 7.32. The Bertz CT molecular complexity index is 1380. The fourth-order valence-corrected chi connectivity index (χ4v) is 3.17. The molecule has 176 valence electrons. The molecule has 3 rings (SSSR count). The van der Waals surface area contributed by atoms with Crippen molar-refractivity contribution in [1.29, 1.82) is 0 Å². The van der Waals surface area contributed by atoms with Gasteiger partial charge in [-0.1, -0.05) is 18.2 Å². The van der Waals surface area contributed by atoms with Crippen molar-refractivity contribution in [2.45, 2.75) is 20.8 Å². The molecular formula is C23H22N4O7. The highest BCUT2D eigenvalue weighted by Gasteiger charge is 2.21. The highest BCUT2D eigenvalue weighted by Crippen LogP contribution is 2.31. The number of hydrogen-bond donors (Lipinski definition) is 2. The average molecular weight is 466 g/mol. The van der Waals surface area contributed by atoms with Gasteiger partial charge in [-0.2, -0.15) is 0 Å². The summed E-state index contributed by atoms with van der Waals surface area (Å²) in [4.78, 5) is 61.5. The van der Waals surface area contributed by atoms with E-state index in [9.17, 15) is 24.0 Å². The second kappa shape index (κ2) is 9.45. The molecule has 0 bridgehead atoms. The number of hydrogen-bond acceptors (Lipinski definition) is 8. The van der Waals surface area contributed by atoms with E-state index < -0.39 is 29.1 Å². The van der Waals surface area contributed by atoms with Crippen molar-refractivity contribution in [2.24, 2.45) is 7.05 Å². The molecule has 0 aliphatic carbocycles. The van der Waals surface area contributed by atoms with Gasteiger partial charge < -0.3 is 20.5 Å². The number of nitrogen functional groups attached to an aromatic ring is 1. The molecule has 1 aromatic heterocycles. The van der Waals surface area contributed by atoms with E-state index in [1.54, 1.807) is 37.3 Å². The predicted octanol–water partition coefficient (Wildman–Crippen LogP) is 1.53. The van der Waals surface area contributed by atoms with Gasteiger partial charge in [-0.05, 0) is 31.2 Å². The lowest BCUT2D eigenvalue weighted by molar-refractivity contribution is -0.132. The van der Waals surface area contributed by atoms with Crippen LogP contribution in [0, 0.1) is 6.92 Å². The number of esters is 2. The number of para-hydroxylation sites is 1. The van der Waals surface area contributed by atoms with Crippen molar-refractivity contribution in [3.05, 3.63) is 74.4 Å². The molecule has 34 heavy (non-hydrogen) atoms. The van der Waals surface area contributed by atoms with Crippen LogP contribution in [-0.2, 0) is 16.6 Å². The van der Waals surface area contributed by atoms with Gasteiger partial charge >= 0.3 is 17.6 Å². The van der Waals surface area contributed by atoms with Crippen LogP contribution in [0.1, 0.15) is 29.8 Å². The van der Waals surface area contributed by atoms with Crippen LogP contribution in [0.15, 0.2) is 52.1 Å². The highest BCUT2D eigenvalue weighted by atomic mass is 16.5. The molecule has 0 unspecified atom stereocenters. The first-order chi connectivity index (χ1) is 16.0. The van der Waals surface area contributed by atoms with Gasteiger partial charge in [0.1, 0.15) is 23.0 Å². The number of nitrogens with two attached hydrogens (primary N) is 1. The predicted molar refractivity (Wildman–Crippen MR) is 123 cm³/mol. The van der Waals surface area contributed by atoms with E-state index >= 15 is 0 Å². The number of aromatic nitrogens is 2. The first-order valence-electron chi connectivity index (χ1n) is 10.0. The maximum atomic E-state index is 13.1. The molecular weight excluding hydrogens is 444 g/mol. The Morgan fingerprint density at radius 1 is 0.941 bits per heavy atom. The van der Waals surface area contributed by atoms with Gasteiger partial charge in [-0.25, -0.2) is 9.36 Å². The minimum absolute atomic E-state index is 0.00784. The maximum Gasteiger partial charge on any atom is 0.337 e. The van der Waals surface area contributed by atoms with Crippen molar-refractivity contribution in [1.82, 2.24) is 9.13 Å². The van der Waals surface area contributed by atoms with Crippen molar-refractivity contribution in [3.63, 3.8) is 0 Å². The summed E-state index contributed by atoms with van der Waals surface area (Å²) in [5, 5.41) is 2.42. The molecule has 0 radical (unpaired) electrons. The molecule has 0 saturated carbocycles. The normalized spacial score (nSPS) is 10.5. The van der Waals surface area contributed by atoms with Gasteiger partial charge in [0.15, 0.2) is 0 Å². The zero-order valence-corrected chi connectivity index (χ0v) is 18.9. The number of benzene rings is 2. The second-order valence-corrected chi connectivity index (χ2v) is 7.32. The quantitative estimate of drug-likeness (QED) is 0.424. The summed E-state index contributed by atoms with van der Waals surface area (Å²) < 4.78 is 12.1. The summed E-state index contributed by atoms with van der Waals surface area (Å²) in [5.41, 5.74) is 4.89. The van der Waals surface area contributed by atoms with Gasteiger partial charge in [-0.3, -0.25) is 23.7 Å². The maximum absolute atomic E-state index is 13.1. The molecule has 1 heterocycles. The van der Waals surface area contributed by atoms with E-state index in [1.807, 2.05) is 0 Å². The Kier molecular flexibility index (Phi) is 6.66. The zero-order valence-electron chi connectivity index (χ0n) is 18.9. The first-order valence-corrected chi connectivity index (χ1v) is 10.0. The topological polar surface area (TPSA) is 152 Å². The Morgan fingerprint density at radius 2 is 1.47 bits per heavy atom. The fourth-order valence-electron chi connectivity index (χ4n) is 3.17. The zero-order chi connectivity index (χ0) is 25.2. The molecule has 2 aromatic carbocycles. The number of ether oxygens (including phenoxy) is 2.